The number of nitrogen functional groups attached to an aromatic ring is 1. The lowest BCUT2D eigenvalue weighted by atomic mass is 9.84. The Kier molecular flexibility index (Phi) is 3.72. The molecule has 0 bridgehead atoms. The van der Waals surface area contributed by atoms with Crippen molar-refractivity contribution in [1.82, 2.24) is 15.0 Å². The predicted molar refractivity (Wildman–Crippen MR) is 89.6 cm³/mol. The minimum atomic E-state index is 0.290. The molecule has 2 aromatic heterocycles. The van der Waals surface area contributed by atoms with Crippen molar-refractivity contribution in [2.45, 2.75) is 33.6 Å². The lowest BCUT2D eigenvalue weighted by Gasteiger charge is -2.39. The van der Waals surface area contributed by atoms with E-state index < -0.39 is 0 Å². The van der Waals surface area contributed by atoms with E-state index in [1.165, 1.54) is 12.8 Å². The van der Waals surface area contributed by atoms with Crippen molar-refractivity contribution in [3.8, 4) is 11.1 Å². The van der Waals surface area contributed by atoms with Gasteiger partial charge < -0.3 is 10.6 Å². The van der Waals surface area contributed by atoms with Gasteiger partial charge in [-0.1, -0.05) is 19.9 Å². The zero-order valence-corrected chi connectivity index (χ0v) is 13.5. The molecule has 0 amide bonds. The number of piperidine rings is 1. The van der Waals surface area contributed by atoms with Crippen LogP contribution in [0.4, 0.5) is 11.8 Å². The molecule has 0 spiro atoms. The summed E-state index contributed by atoms with van der Waals surface area (Å²) in [5.41, 5.74) is 9.19. The molecule has 3 rings (SSSR count). The van der Waals surface area contributed by atoms with Gasteiger partial charge in [-0.3, -0.25) is 4.98 Å². The fourth-order valence-corrected chi connectivity index (χ4v) is 3.26. The van der Waals surface area contributed by atoms with Crippen molar-refractivity contribution < 1.29 is 0 Å². The minimum absolute atomic E-state index is 0.290. The van der Waals surface area contributed by atoms with Crippen LogP contribution in [0, 0.1) is 12.3 Å². The number of hydrogen-bond acceptors (Lipinski definition) is 5. The molecule has 0 unspecified atom stereocenters. The monoisotopic (exact) mass is 297 g/mol. The maximum Gasteiger partial charge on any atom is 0.222 e. The van der Waals surface area contributed by atoms with Crippen LogP contribution < -0.4 is 10.6 Å². The molecule has 2 N–H and O–H groups in total. The Bertz CT molecular complexity index is 666. The van der Waals surface area contributed by atoms with Crippen LogP contribution in [0.25, 0.3) is 11.1 Å². The fraction of sp³-hybridized carbons (Fsp3) is 0.471. The van der Waals surface area contributed by atoms with Gasteiger partial charge >= 0.3 is 0 Å². The number of hydrogen-bond donors (Lipinski definition) is 1. The zero-order chi connectivity index (χ0) is 15.7. The number of nitrogens with two attached hydrogens (primary N) is 1. The van der Waals surface area contributed by atoms with Gasteiger partial charge in [-0.15, -0.1) is 0 Å². The van der Waals surface area contributed by atoms with E-state index in [1.54, 1.807) is 6.20 Å². The summed E-state index contributed by atoms with van der Waals surface area (Å²) in [5, 5.41) is 0. The quantitative estimate of drug-likeness (QED) is 0.922. The minimum Gasteiger partial charge on any atom is -0.368 e. The van der Waals surface area contributed by atoms with E-state index in [9.17, 15) is 0 Å². The normalized spacial score (nSPS) is 17.5. The smallest absolute Gasteiger partial charge is 0.222 e. The van der Waals surface area contributed by atoms with Crippen LogP contribution in [0.15, 0.2) is 24.5 Å². The first kappa shape index (κ1) is 14.8. The SMILES string of the molecule is Cc1nc(N)nc(N2CCCC(C)(C)C2)c1-c1cccnc1. The van der Waals surface area contributed by atoms with Gasteiger partial charge in [0, 0.05) is 36.6 Å². The molecule has 2 aromatic rings. The maximum atomic E-state index is 5.92. The second-order valence-corrected chi connectivity index (χ2v) is 6.80. The summed E-state index contributed by atoms with van der Waals surface area (Å²) in [6, 6.07) is 3.99. The van der Waals surface area contributed by atoms with Gasteiger partial charge in [-0.25, -0.2) is 4.98 Å². The summed E-state index contributed by atoms with van der Waals surface area (Å²) in [5.74, 6) is 1.27. The van der Waals surface area contributed by atoms with Crippen LogP contribution in [0.2, 0.25) is 0 Å². The number of aromatic nitrogens is 3. The lowest BCUT2D eigenvalue weighted by Crippen LogP contribution is -2.41. The summed E-state index contributed by atoms with van der Waals surface area (Å²) in [6.07, 6.45) is 6.05. The molecule has 0 aromatic carbocycles. The molecule has 0 saturated carbocycles. The van der Waals surface area contributed by atoms with Gasteiger partial charge in [0.2, 0.25) is 5.95 Å². The highest BCUT2D eigenvalue weighted by Gasteiger charge is 2.29. The largest absolute Gasteiger partial charge is 0.368 e. The molecular formula is C17H23N5. The number of rotatable bonds is 2. The molecule has 5 nitrogen and oxygen atoms in total. The zero-order valence-electron chi connectivity index (χ0n) is 13.5. The van der Waals surface area contributed by atoms with Crippen molar-refractivity contribution in [3.05, 3.63) is 30.2 Å². The Balaban J connectivity index is 2.10. The highest BCUT2D eigenvalue weighted by Crippen LogP contribution is 2.37. The maximum absolute atomic E-state index is 5.92. The molecule has 0 radical (unpaired) electrons. The number of anilines is 2. The number of nitrogens with zero attached hydrogens (tertiary/aromatic N) is 4. The van der Waals surface area contributed by atoms with E-state index in [0.717, 1.165) is 35.7 Å². The standard InChI is InChI=1S/C17H23N5/c1-12-14(13-6-4-8-19-10-13)15(21-16(18)20-12)22-9-5-7-17(2,3)11-22/h4,6,8,10H,5,7,9,11H2,1-3H3,(H2,18,20,21). The van der Waals surface area contributed by atoms with Crippen LogP contribution in [-0.2, 0) is 0 Å². The van der Waals surface area contributed by atoms with E-state index >= 15 is 0 Å². The van der Waals surface area contributed by atoms with Gasteiger partial charge in [-0.05, 0) is 31.2 Å². The highest BCUT2D eigenvalue weighted by atomic mass is 15.2. The van der Waals surface area contributed by atoms with E-state index in [0.29, 0.717) is 5.95 Å². The van der Waals surface area contributed by atoms with Crippen molar-refractivity contribution >= 4 is 11.8 Å². The van der Waals surface area contributed by atoms with Gasteiger partial charge in [0.1, 0.15) is 5.82 Å². The third kappa shape index (κ3) is 2.89. The molecule has 5 heteroatoms. The second-order valence-electron chi connectivity index (χ2n) is 6.80. The van der Waals surface area contributed by atoms with Gasteiger partial charge in [0.05, 0.1) is 5.69 Å². The third-order valence-corrected chi connectivity index (χ3v) is 4.24. The number of pyridine rings is 1. The van der Waals surface area contributed by atoms with E-state index in [1.807, 2.05) is 25.3 Å². The Morgan fingerprint density at radius 1 is 1.27 bits per heavy atom. The van der Waals surface area contributed by atoms with Gasteiger partial charge in [0.15, 0.2) is 0 Å². The van der Waals surface area contributed by atoms with E-state index in [-0.39, 0.29) is 5.41 Å². The van der Waals surface area contributed by atoms with Crippen molar-refractivity contribution in [3.63, 3.8) is 0 Å². The van der Waals surface area contributed by atoms with Crippen LogP contribution >= 0.6 is 0 Å². The first-order valence-corrected chi connectivity index (χ1v) is 7.76. The molecule has 1 fully saturated rings. The molecule has 1 saturated heterocycles. The van der Waals surface area contributed by atoms with Crippen molar-refractivity contribution in [2.24, 2.45) is 5.41 Å². The van der Waals surface area contributed by atoms with Gasteiger partial charge in [-0.2, -0.15) is 4.98 Å². The summed E-state index contributed by atoms with van der Waals surface area (Å²) >= 11 is 0. The Labute approximate surface area is 131 Å². The first-order valence-electron chi connectivity index (χ1n) is 7.76. The Hall–Kier alpha value is -2.17. The summed E-state index contributed by atoms with van der Waals surface area (Å²) in [6.45, 7) is 8.59. The molecule has 1 aliphatic heterocycles. The summed E-state index contributed by atoms with van der Waals surface area (Å²) < 4.78 is 0. The molecule has 116 valence electrons. The fourth-order valence-electron chi connectivity index (χ4n) is 3.26. The highest BCUT2D eigenvalue weighted by molar-refractivity contribution is 5.78. The van der Waals surface area contributed by atoms with Crippen LogP contribution in [0.5, 0.6) is 0 Å². The lowest BCUT2D eigenvalue weighted by molar-refractivity contribution is 0.292. The molecule has 0 atom stereocenters. The van der Waals surface area contributed by atoms with E-state index in [2.05, 4.69) is 33.7 Å². The second kappa shape index (κ2) is 5.55. The Morgan fingerprint density at radius 2 is 2.09 bits per heavy atom. The van der Waals surface area contributed by atoms with Gasteiger partial charge in [0.25, 0.3) is 0 Å². The van der Waals surface area contributed by atoms with Crippen LogP contribution in [0.3, 0.4) is 0 Å². The topological polar surface area (TPSA) is 67.9 Å². The first-order chi connectivity index (χ1) is 10.5. The Morgan fingerprint density at radius 3 is 2.77 bits per heavy atom. The van der Waals surface area contributed by atoms with Crippen LogP contribution in [-0.4, -0.2) is 28.0 Å². The molecule has 0 aliphatic carbocycles. The van der Waals surface area contributed by atoms with Crippen molar-refractivity contribution in [2.75, 3.05) is 23.7 Å². The average Bonchev–Trinajstić information content (AvgIpc) is 2.46. The van der Waals surface area contributed by atoms with Crippen molar-refractivity contribution in [1.29, 1.82) is 0 Å². The molecule has 3 heterocycles. The molecule has 22 heavy (non-hydrogen) atoms. The van der Waals surface area contributed by atoms with E-state index in [4.69, 9.17) is 5.73 Å². The van der Waals surface area contributed by atoms with Crippen LogP contribution in [0.1, 0.15) is 32.4 Å². The summed E-state index contributed by atoms with van der Waals surface area (Å²) in [7, 11) is 0. The summed E-state index contributed by atoms with van der Waals surface area (Å²) in [4.78, 5) is 15.5. The third-order valence-electron chi connectivity index (χ3n) is 4.24. The molecular weight excluding hydrogens is 274 g/mol. The number of aryl methyl sites for hydroxylation is 1. The average molecular weight is 297 g/mol. The predicted octanol–water partition coefficient (Wildman–Crippen LogP) is 3.06. The molecule has 1 aliphatic rings.